The molecule has 53 heavy (non-hydrogen) atoms. The molecule has 2 saturated heterocycles. The average molecular weight is 752 g/mol. The molecule has 2 aliphatic heterocycles. The molecular formula is C34H45N11O7S. The van der Waals surface area contributed by atoms with Crippen molar-refractivity contribution >= 4 is 44.3 Å². The molecular weight excluding hydrogens is 707 g/mol. The van der Waals surface area contributed by atoms with Gasteiger partial charge >= 0.3 is 5.95 Å². The number of imidazole rings is 1. The zero-order valence-electron chi connectivity index (χ0n) is 30.1. The first kappa shape index (κ1) is 36.6. The van der Waals surface area contributed by atoms with E-state index in [1.54, 1.807) is 13.0 Å². The third-order valence-electron chi connectivity index (χ3n) is 10.0. The summed E-state index contributed by atoms with van der Waals surface area (Å²) in [6.45, 7) is 8.26. The van der Waals surface area contributed by atoms with Crippen LogP contribution in [0.1, 0.15) is 49.9 Å². The van der Waals surface area contributed by atoms with Crippen LogP contribution in [0.5, 0.6) is 5.88 Å². The number of ether oxygens (including phenoxy) is 3. The number of nitrogens with zero attached hydrogens (tertiary/aromatic N) is 10. The van der Waals surface area contributed by atoms with E-state index >= 15 is 0 Å². The van der Waals surface area contributed by atoms with Crippen molar-refractivity contribution in [1.29, 1.82) is 0 Å². The van der Waals surface area contributed by atoms with Crippen LogP contribution in [0, 0.1) is 10.1 Å². The summed E-state index contributed by atoms with van der Waals surface area (Å²) in [5.74, 6) is 1.29. The summed E-state index contributed by atoms with van der Waals surface area (Å²) in [4.78, 5) is 38.1. The number of pyridine rings is 2. The first-order chi connectivity index (χ1) is 25.5. The van der Waals surface area contributed by atoms with Gasteiger partial charge in [-0.1, -0.05) is 4.98 Å². The second-order valence-electron chi connectivity index (χ2n) is 13.7. The van der Waals surface area contributed by atoms with Crippen molar-refractivity contribution in [3.05, 3.63) is 58.3 Å². The molecule has 6 heterocycles. The second kappa shape index (κ2) is 15.7. The van der Waals surface area contributed by atoms with Crippen LogP contribution in [0.15, 0.2) is 36.9 Å². The molecule has 4 aromatic heterocycles. The number of nitro groups is 1. The summed E-state index contributed by atoms with van der Waals surface area (Å²) < 4.78 is 46.7. The van der Waals surface area contributed by atoms with E-state index in [1.165, 1.54) is 28.3 Å². The van der Waals surface area contributed by atoms with Crippen molar-refractivity contribution in [2.45, 2.75) is 57.3 Å². The lowest BCUT2D eigenvalue weighted by molar-refractivity contribution is -0.396. The molecule has 0 bridgehead atoms. The third kappa shape index (κ3) is 8.42. The molecule has 1 atom stereocenters. The third-order valence-corrected chi connectivity index (χ3v) is 11.2. The Kier molecular flexibility index (Phi) is 10.9. The average Bonchev–Trinajstić information content (AvgIpc) is 3.55. The van der Waals surface area contributed by atoms with Gasteiger partial charge in [0.05, 0.1) is 68.6 Å². The Bertz CT molecular complexity index is 2010. The largest absolute Gasteiger partial charge is 0.474 e. The maximum Gasteiger partial charge on any atom is 0.434 e. The molecule has 19 heteroatoms. The van der Waals surface area contributed by atoms with Gasteiger partial charge in [-0.3, -0.25) is 14.2 Å². The highest BCUT2D eigenvalue weighted by atomic mass is 32.2. The van der Waals surface area contributed by atoms with Crippen LogP contribution >= 0.6 is 0 Å². The van der Waals surface area contributed by atoms with Gasteiger partial charge in [0.25, 0.3) is 0 Å². The summed E-state index contributed by atoms with van der Waals surface area (Å²) in [5.41, 5.74) is 2.29. The van der Waals surface area contributed by atoms with Crippen LogP contribution < -0.4 is 19.3 Å². The maximum absolute atomic E-state index is 13.3. The second-order valence-corrected chi connectivity index (χ2v) is 15.6. The molecule has 0 spiro atoms. The van der Waals surface area contributed by atoms with Gasteiger partial charge in [-0.15, -0.1) is 0 Å². The number of hydrogen-bond acceptors (Lipinski definition) is 15. The Morgan fingerprint density at radius 3 is 2.30 bits per heavy atom. The molecule has 0 amide bonds. The minimum Gasteiger partial charge on any atom is -0.474 e. The predicted octanol–water partition coefficient (Wildman–Crippen LogP) is 3.06. The van der Waals surface area contributed by atoms with Crippen LogP contribution in [0.4, 0.5) is 23.4 Å². The molecule has 1 unspecified atom stereocenters. The van der Waals surface area contributed by atoms with Gasteiger partial charge in [-0.05, 0) is 43.6 Å². The van der Waals surface area contributed by atoms with E-state index in [2.05, 4.69) is 30.1 Å². The molecule has 18 nitrogen and oxygen atoms in total. The molecule has 1 saturated carbocycles. The Hall–Kier alpha value is -4.72. The SMILES string of the molecule is CC(c1cnc([N+](=O)[O-])n1C)N(c1cnc2cc(N3CCOCC3)nc(OC3CCC(Nc4ncc(CN5CCOCC5)cn4)CC3)c2c1)S(C)(=O)=O. The highest BCUT2D eigenvalue weighted by Gasteiger charge is 2.33. The van der Waals surface area contributed by atoms with Crippen molar-refractivity contribution in [3.63, 3.8) is 0 Å². The van der Waals surface area contributed by atoms with Crippen molar-refractivity contribution in [2.75, 3.05) is 73.4 Å². The molecule has 0 aromatic carbocycles. The molecule has 284 valence electrons. The lowest BCUT2D eigenvalue weighted by atomic mass is 9.93. The van der Waals surface area contributed by atoms with E-state index in [0.717, 1.165) is 70.4 Å². The van der Waals surface area contributed by atoms with E-state index in [-0.39, 0.29) is 23.8 Å². The van der Waals surface area contributed by atoms with Crippen LogP contribution in [-0.4, -0.2) is 119 Å². The van der Waals surface area contributed by atoms with E-state index in [9.17, 15) is 18.5 Å². The first-order valence-electron chi connectivity index (χ1n) is 17.9. The minimum atomic E-state index is -3.89. The van der Waals surface area contributed by atoms with Gasteiger partial charge in [0.15, 0.2) is 0 Å². The molecule has 0 radical (unpaired) electrons. The van der Waals surface area contributed by atoms with Gasteiger partial charge in [-0.2, -0.15) is 4.98 Å². The normalized spacial score (nSPS) is 20.6. The van der Waals surface area contributed by atoms with E-state index in [1.807, 2.05) is 18.5 Å². The van der Waals surface area contributed by atoms with Crippen LogP contribution in [-0.2, 0) is 33.1 Å². The van der Waals surface area contributed by atoms with Gasteiger partial charge in [0.2, 0.25) is 21.9 Å². The lowest BCUT2D eigenvalue weighted by Crippen LogP contribution is -2.37. The maximum atomic E-state index is 13.3. The highest BCUT2D eigenvalue weighted by Crippen LogP contribution is 2.37. The number of hydrogen-bond donors (Lipinski definition) is 1. The zero-order valence-corrected chi connectivity index (χ0v) is 30.9. The number of sulfonamides is 1. The standard InChI is InChI=1S/C34H45N11O7S/c1-23(30-21-38-34(41(30)2)45(46)47)44(53(3,48)49)26-16-28-29(35-20-26)17-31(43-10-14-51-15-11-43)40-32(28)52-27-6-4-25(5-7-27)39-33-36-18-24(19-37-33)22-42-8-12-50-13-9-42/h16-21,23,25,27H,4-15,22H2,1-3H3,(H,36,37,39). The van der Waals surface area contributed by atoms with E-state index in [0.29, 0.717) is 60.5 Å². The Morgan fingerprint density at radius 1 is 0.981 bits per heavy atom. The number of anilines is 3. The fourth-order valence-electron chi connectivity index (χ4n) is 7.22. The minimum absolute atomic E-state index is 0.135. The summed E-state index contributed by atoms with van der Waals surface area (Å²) in [7, 11) is -2.41. The summed E-state index contributed by atoms with van der Waals surface area (Å²) in [6, 6.07) is 2.94. The van der Waals surface area contributed by atoms with Crippen LogP contribution in [0.25, 0.3) is 10.9 Å². The van der Waals surface area contributed by atoms with Gasteiger partial charge in [0.1, 0.15) is 23.8 Å². The summed E-state index contributed by atoms with van der Waals surface area (Å²) >= 11 is 0. The smallest absolute Gasteiger partial charge is 0.434 e. The summed E-state index contributed by atoms with van der Waals surface area (Å²) in [6.07, 6.45) is 10.7. The quantitative estimate of drug-likeness (QED) is 0.164. The van der Waals surface area contributed by atoms with Crippen molar-refractivity contribution in [2.24, 2.45) is 7.05 Å². The molecule has 3 aliphatic rings. The number of rotatable bonds is 12. The van der Waals surface area contributed by atoms with Crippen LogP contribution in [0.3, 0.4) is 0 Å². The Balaban J connectivity index is 1.10. The molecule has 7 rings (SSSR count). The fraction of sp³-hybridized carbons (Fsp3) is 0.559. The van der Waals surface area contributed by atoms with Crippen molar-refractivity contribution in [1.82, 2.24) is 34.4 Å². The van der Waals surface area contributed by atoms with Crippen molar-refractivity contribution < 1.29 is 27.6 Å². The van der Waals surface area contributed by atoms with E-state index < -0.39 is 21.0 Å². The summed E-state index contributed by atoms with van der Waals surface area (Å²) in [5, 5.41) is 15.5. The Labute approximate surface area is 307 Å². The topological polar surface area (TPSA) is 196 Å². The monoisotopic (exact) mass is 751 g/mol. The molecule has 3 fully saturated rings. The molecule has 1 N–H and O–H groups in total. The van der Waals surface area contributed by atoms with Gasteiger partial charge < -0.3 is 34.5 Å². The molecule has 4 aromatic rings. The number of aromatic nitrogens is 6. The predicted molar refractivity (Wildman–Crippen MR) is 197 cm³/mol. The van der Waals surface area contributed by atoms with Crippen molar-refractivity contribution in [3.8, 4) is 5.88 Å². The van der Waals surface area contributed by atoms with Gasteiger partial charge in [-0.25, -0.2) is 23.0 Å². The molecule has 1 aliphatic carbocycles. The fourth-order valence-corrected chi connectivity index (χ4v) is 8.39. The lowest BCUT2D eigenvalue weighted by Gasteiger charge is -2.31. The Morgan fingerprint density at radius 2 is 1.66 bits per heavy atom. The number of nitrogens with one attached hydrogen (secondary N) is 1. The number of morpholine rings is 2. The van der Waals surface area contributed by atoms with Crippen LogP contribution in [0.2, 0.25) is 0 Å². The van der Waals surface area contributed by atoms with Gasteiger partial charge in [0, 0.05) is 62.8 Å². The highest BCUT2D eigenvalue weighted by molar-refractivity contribution is 7.92. The van der Waals surface area contributed by atoms with E-state index in [4.69, 9.17) is 24.2 Å². The first-order valence-corrected chi connectivity index (χ1v) is 19.7. The number of fused-ring (bicyclic) bond motifs is 1. The zero-order chi connectivity index (χ0) is 37.1.